The molecule has 0 fully saturated rings. The van der Waals surface area contributed by atoms with Gasteiger partial charge in [0.15, 0.2) is 0 Å². The quantitative estimate of drug-likeness (QED) is 0.798. The Kier molecular flexibility index (Phi) is 2.68. The van der Waals surface area contributed by atoms with Crippen molar-refractivity contribution < 1.29 is 0 Å². The van der Waals surface area contributed by atoms with Crippen LogP contribution in [0.25, 0.3) is 9.88 Å². The van der Waals surface area contributed by atoms with E-state index in [2.05, 4.69) is 27.0 Å². The lowest BCUT2D eigenvalue weighted by Gasteiger charge is -1.84. The predicted molar refractivity (Wildman–Crippen MR) is 62.6 cm³/mol. The van der Waals surface area contributed by atoms with Gasteiger partial charge < -0.3 is 0 Å². The summed E-state index contributed by atoms with van der Waals surface area (Å²) in [5.41, 5.74) is 0. The zero-order valence-electron chi connectivity index (χ0n) is 7.24. The number of thiophene rings is 1. The van der Waals surface area contributed by atoms with Crippen molar-refractivity contribution in [3.05, 3.63) is 26.5 Å². The Morgan fingerprint density at radius 1 is 1.50 bits per heavy atom. The lowest BCUT2D eigenvalue weighted by atomic mass is 10.4. The number of thiazole rings is 1. The van der Waals surface area contributed by atoms with E-state index in [1.165, 1.54) is 16.2 Å². The minimum Gasteiger partial charge on any atom is -0.243 e. The zero-order chi connectivity index (χ0) is 10.1. The summed E-state index contributed by atoms with van der Waals surface area (Å²) >= 11 is 6.45. The summed E-state index contributed by atoms with van der Waals surface area (Å²) in [7, 11) is 0. The smallest absolute Gasteiger partial charge is 0.133 e. The fourth-order valence-electron chi connectivity index (χ4n) is 1.02. The Morgan fingerprint density at radius 2 is 2.29 bits per heavy atom. The van der Waals surface area contributed by atoms with E-state index >= 15 is 0 Å². The van der Waals surface area contributed by atoms with Crippen molar-refractivity contribution in [1.29, 1.82) is 5.26 Å². The number of rotatable bonds is 1. The molecule has 2 rings (SSSR count). The molecule has 0 atom stereocenters. The zero-order valence-corrected chi connectivity index (χ0v) is 10.5. The van der Waals surface area contributed by atoms with Gasteiger partial charge in [0, 0.05) is 15.5 Å². The molecular formula is C9H5BrN2S2. The predicted octanol–water partition coefficient (Wildman–Crippen LogP) is 3.81. The first kappa shape index (κ1) is 9.84. The molecule has 0 saturated carbocycles. The maximum absolute atomic E-state index is 8.80. The molecule has 0 saturated heterocycles. The van der Waals surface area contributed by atoms with Crippen LogP contribution in [0.2, 0.25) is 0 Å². The molecule has 2 aromatic rings. The van der Waals surface area contributed by atoms with Gasteiger partial charge in [-0.1, -0.05) is 0 Å². The van der Waals surface area contributed by atoms with Crippen LogP contribution in [0.3, 0.4) is 0 Å². The van der Waals surface area contributed by atoms with E-state index < -0.39 is 0 Å². The van der Waals surface area contributed by atoms with E-state index in [0.29, 0.717) is 4.88 Å². The number of hydrogen-bond donors (Lipinski definition) is 0. The highest BCUT2D eigenvalue weighted by molar-refractivity contribution is 9.10. The van der Waals surface area contributed by atoms with Gasteiger partial charge >= 0.3 is 0 Å². The van der Waals surface area contributed by atoms with Crippen molar-refractivity contribution in [1.82, 2.24) is 4.98 Å². The second kappa shape index (κ2) is 3.81. The lowest BCUT2D eigenvalue weighted by Crippen LogP contribution is -1.63. The van der Waals surface area contributed by atoms with Crippen LogP contribution >= 0.6 is 38.6 Å². The Balaban J connectivity index is 2.48. The summed E-state index contributed by atoms with van der Waals surface area (Å²) in [4.78, 5) is 7.21. The molecule has 0 aliphatic rings. The third-order valence-electron chi connectivity index (χ3n) is 1.62. The van der Waals surface area contributed by atoms with Gasteiger partial charge in [0.05, 0.1) is 4.88 Å². The molecule has 70 valence electrons. The van der Waals surface area contributed by atoms with Gasteiger partial charge in [0.1, 0.15) is 16.0 Å². The second-order valence-electron chi connectivity index (χ2n) is 2.68. The van der Waals surface area contributed by atoms with Crippen LogP contribution in [-0.4, -0.2) is 4.98 Å². The molecule has 0 unspecified atom stereocenters. The van der Waals surface area contributed by atoms with Gasteiger partial charge in [0.25, 0.3) is 0 Å². The van der Waals surface area contributed by atoms with Gasteiger partial charge in [-0.25, -0.2) is 4.98 Å². The van der Waals surface area contributed by atoms with Crippen molar-refractivity contribution in [2.75, 3.05) is 0 Å². The van der Waals surface area contributed by atoms with Gasteiger partial charge in [0.2, 0.25) is 0 Å². The fourth-order valence-corrected chi connectivity index (χ4v) is 3.40. The molecule has 0 bridgehead atoms. The van der Waals surface area contributed by atoms with E-state index in [4.69, 9.17) is 5.26 Å². The maximum Gasteiger partial charge on any atom is 0.133 e. The summed E-state index contributed by atoms with van der Waals surface area (Å²) in [6, 6.07) is 4.09. The maximum atomic E-state index is 8.80. The average Bonchev–Trinajstić information content (AvgIpc) is 2.71. The highest BCUT2D eigenvalue weighted by Crippen LogP contribution is 2.35. The number of aryl methyl sites for hydroxylation is 1. The molecule has 0 spiro atoms. The van der Waals surface area contributed by atoms with Crippen LogP contribution < -0.4 is 0 Å². The van der Waals surface area contributed by atoms with E-state index in [-0.39, 0.29) is 0 Å². The Hall–Kier alpha value is -0.700. The molecule has 2 aromatic heterocycles. The second-order valence-corrected chi connectivity index (χ2v) is 5.82. The van der Waals surface area contributed by atoms with Gasteiger partial charge in [-0.05, 0) is 28.9 Å². The standard InChI is InChI=1S/C9H5BrN2S2/c1-5-4-12-9(13-5)7-2-6(10)8(3-11)14-7/h2,4H,1H3. The van der Waals surface area contributed by atoms with Crippen LogP contribution in [-0.2, 0) is 0 Å². The number of nitriles is 1. The van der Waals surface area contributed by atoms with Gasteiger partial charge in [-0.2, -0.15) is 5.26 Å². The first-order valence-electron chi connectivity index (χ1n) is 3.83. The monoisotopic (exact) mass is 284 g/mol. The molecular weight excluding hydrogens is 280 g/mol. The first-order chi connectivity index (χ1) is 6.70. The van der Waals surface area contributed by atoms with Gasteiger partial charge in [-0.3, -0.25) is 0 Å². The minimum absolute atomic E-state index is 0.702. The van der Waals surface area contributed by atoms with Gasteiger partial charge in [-0.15, -0.1) is 22.7 Å². The largest absolute Gasteiger partial charge is 0.243 e. The van der Waals surface area contributed by atoms with Crippen molar-refractivity contribution in [2.45, 2.75) is 6.92 Å². The average molecular weight is 285 g/mol. The summed E-state index contributed by atoms with van der Waals surface area (Å²) in [5, 5.41) is 9.78. The summed E-state index contributed by atoms with van der Waals surface area (Å²) in [6.07, 6.45) is 1.85. The molecule has 0 aliphatic heterocycles. The van der Waals surface area contributed by atoms with E-state index in [0.717, 1.165) is 14.4 Å². The number of aromatic nitrogens is 1. The highest BCUT2D eigenvalue weighted by atomic mass is 79.9. The summed E-state index contributed by atoms with van der Waals surface area (Å²) < 4.78 is 0.854. The van der Waals surface area contributed by atoms with Crippen molar-refractivity contribution in [3.8, 4) is 16.0 Å². The van der Waals surface area contributed by atoms with E-state index in [9.17, 15) is 0 Å². The van der Waals surface area contributed by atoms with E-state index in [1.807, 2.05) is 19.2 Å². The first-order valence-corrected chi connectivity index (χ1v) is 6.25. The van der Waals surface area contributed by atoms with Crippen LogP contribution in [0.15, 0.2) is 16.7 Å². The van der Waals surface area contributed by atoms with Crippen molar-refractivity contribution in [2.24, 2.45) is 0 Å². The lowest BCUT2D eigenvalue weighted by molar-refractivity contribution is 1.39. The SMILES string of the molecule is Cc1cnc(-c2cc(Br)c(C#N)s2)s1. The molecule has 5 heteroatoms. The summed E-state index contributed by atoms with van der Waals surface area (Å²) in [6.45, 7) is 2.02. The molecule has 14 heavy (non-hydrogen) atoms. The normalized spacial score (nSPS) is 10.1. The Morgan fingerprint density at radius 3 is 2.79 bits per heavy atom. The fraction of sp³-hybridized carbons (Fsp3) is 0.111. The molecule has 0 amide bonds. The molecule has 0 aliphatic carbocycles. The van der Waals surface area contributed by atoms with Crippen LogP contribution in [0.5, 0.6) is 0 Å². The molecule has 0 aromatic carbocycles. The summed E-state index contributed by atoms with van der Waals surface area (Å²) in [5.74, 6) is 0. The topological polar surface area (TPSA) is 36.7 Å². The molecule has 0 radical (unpaired) electrons. The third-order valence-corrected chi connectivity index (χ3v) is 4.63. The Bertz CT molecular complexity index is 507. The van der Waals surface area contributed by atoms with E-state index in [1.54, 1.807) is 11.3 Å². The molecule has 2 nitrogen and oxygen atoms in total. The van der Waals surface area contributed by atoms with Crippen LogP contribution in [0.4, 0.5) is 0 Å². The van der Waals surface area contributed by atoms with Crippen LogP contribution in [0, 0.1) is 18.3 Å². The minimum atomic E-state index is 0.702. The third kappa shape index (κ3) is 1.73. The number of halogens is 1. The molecule has 2 heterocycles. The molecule has 0 N–H and O–H groups in total. The Labute approximate surface area is 98.0 Å². The number of nitrogens with zero attached hydrogens (tertiary/aromatic N) is 2. The number of hydrogen-bond acceptors (Lipinski definition) is 4. The van der Waals surface area contributed by atoms with Crippen molar-refractivity contribution >= 4 is 38.6 Å². The van der Waals surface area contributed by atoms with Crippen molar-refractivity contribution in [3.63, 3.8) is 0 Å². The highest BCUT2D eigenvalue weighted by Gasteiger charge is 2.10. The van der Waals surface area contributed by atoms with Crippen LogP contribution in [0.1, 0.15) is 9.75 Å².